The fourth-order valence-corrected chi connectivity index (χ4v) is 1.93. The van der Waals surface area contributed by atoms with Gasteiger partial charge in [-0.1, -0.05) is 12.1 Å². The highest BCUT2D eigenvalue weighted by molar-refractivity contribution is 14.1. The van der Waals surface area contributed by atoms with Crippen molar-refractivity contribution >= 4 is 34.3 Å². The number of halogens is 1. The summed E-state index contributed by atoms with van der Waals surface area (Å²) >= 11 is 2.14. The first-order valence-electron chi connectivity index (χ1n) is 4.74. The third-order valence-electron chi connectivity index (χ3n) is 2.19. The fraction of sp³-hybridized carbons (Fsp3) is 0.0909. The van der Waals surface area contributed by atoms with Crippen molar-refractivity contribution in [3.63, 3.8) is 0 Å². The molecule has 1 heterocycles. The summed E-state index contributed by atoms with van der Waals surface area (Å²) in [5.41, 5.74) is 1.58. The number of rotatable bonds is 2. The van der Waals surface area contributed by atoms with E-state index in [1.54, 1.807) is 12.3 Å². The number of benzene rings is 1. The van der Waals surface area contributed by atoms with Gasteiger partial charge in [0.2, 0.25) is 0 Å². The lowest BCUT2D eigenvalue weighted by Gasteiger charge is -2.05. The topological polar surface area (TPSA) is 57.8 Å². The van der Waals surface area contributed by atoms with Crippen molar-refractivity contribution in [2.24, 2.45) is 0 Å². The summed E-state index contributed by atoms with van der Waals surface area (Å²) in [6.45, 7) is 1.88. The second-order valence-corrected chi connectivity index (χ2v) is 4.52. The Balaban J connectivity index is 2.22. The number of hydrogen-bond donors (Lipinski definition) is 2. The van der Waals surface area contributed by atoms with E-state index in [1.807, 2.05) is 25.1 Å². The van der Waals surface area contributed by atoms with Gasteiger partial charge < -0.3 is 5.32 Å². The highest BCUT2D eigenvalue weighted by atomic mass is 127. The largest absolute Gasteiger partial charge is 0.307 e. The first-order chi connectivity index (χ1) is 7.68. The van der Waals surface area contributed by atoms with E-state index >= 15 is 0 Å². The molecule has 1 aromatic heterocycles. The van der Waals surface area contributed by atoms with Crippen LogP contribution in [0.5, 0.6) is 0 Å². The molecule has 0 radical (unpaired) electrons. The molecule has 82 valence electrons. The molecule has 1 amide bonds. The molecule has 1 aromatic carbocycles. The summed E-state index contributed by atoms with van der Waals surface area (Å²) in [4.78, 5) is 11.9. The number of carbonyl (C=O) groups excluding carboxylic acids is 1. The molecule has 0 unspecified atom stereocenters. The molecule has 0 aliphatic carbocycles. The Hall–Kier alpha value is -1.37. The van der Waals surface area contributed by atoms with E-state index in [0.29, 0.717) is 11.4 Å². The zero-order chi connectivity index (χ0) is 11.5. The SMILES string of the molecule is Cc1cn[nH]c1NC(=O)c1ccccc1I. The Morgan fingerprint density at radius 1 is 1.44 bits per heavy atom. The van der Waals surface area contributed by atoms with Gasteiger partial charge in [-0.2, -0.15) is 5.10 Å². The Kier molecular flexibility index (Phi) is 3.23. The van der Waals surface area contributed by atoms with Crippen molar-refractivity contribution in [1.29, 1.82) is 0 Å². The predicted octanol–water partition coefficient (Wildman–Crippen LogP) is 2.58. The van der Waals surface area contributed by atoms with Crippen LogP contribution in [0, 0.1) is 10.5 Å². The summed E-state index contributed by atoms with van der Waals surface area (Å²) in [6, 6.07) is 7.44. The molecule has 0 aliphatic rings. The number of aryl methyl sites for hydroxylation is 1. The lowest BCUT2D eigenvalue weighted by Crippen LogP contribution is -2.14. The molecular weight excluding hydrogens is 317 g/mol. The maximum absolute atomic E-state index is 11.9. The zero-order valence-corrected chi connectivity index (χ0v) is 10.8. The third-order valence-corrected chi connectivity index (χ3v) is 3.13. The van der Waals surface area contributed by atoms with Gasteiger partial charge in [-0.3, -0.25) is 9.89 Å². The molecule has 2 rings (SSSR count). The van der Waals surface area contributed by atoms with Crippen LogP contribution < -0.4 is 5.32 Å². The van der Waals surface area contributed by atoms with Crippen LogP contribution >= 0.6 is 22.6 Å². The fourth-order valence-electron chi connectivity index (χ4n) is 1.30. The summed E-state index contributed by atoms with van der Waals surface area (Å²) in [7, 11) is 0. The molecule has 2 aromatic rings. The van der Waals surface area contributed by atoms with E-state index in [1.165, 1.54) is 0 Å². The van der Waals surface area contributed by atoms with Crippen molar-refractivity contribution in [3.05, 3.63) is 45.2 Å². The van der Waals surface area contributed by atoms with Gasteiger partial charge in [0.25, 0.3) is 5.91 Å². The highest BCUT2D eigenvalue weighted by Crippen LogP contribution is 2.15. The standard InChI is InChI=1S/C11H10IN3O/c1-7-6-13-15-10(7)14-11(16)8-4-2-3-5-9(8)12/h2-6H,1H3,(H2,13,14,15,16). The average molecular weight is 327 g/mol. The van der Waals surface area contributed by atoms with Gasteiger partial charge in [0.15, 0.2) is 0 Å². The van der Waals surface area contributed by atoms with Crippen LogP contribution in [-0.2, 0) is 0 Å². The van der Waals surface area contributed by atoms with Crippen molar-refractivity contribution in [1.82, 2.24) is 10.2 Å². The summed E-state index contributed by atoms with van der Waals surface area (Å²) < 4.78 is 0.926. The number of H-pyrrole nitrogens is 1. The van der Waals surface area contributed by atoms with Gasteiger partial charge in [0.1, 0.15) is 5.82 Å². The Morgan fingerprint density at radius 3 is 2.81 bits per heavy atom. The Morgan fingerprint density at radius 2 is 2.19 bits per heavy atom. The zero-order valence-electron chi connectivity index (χ0n) is 8.62. The van der Waals surface area contributed by atoms with Gasteiger partial charge in [-0.05, 0) is 41.6 Å². The number of amides is 1. The number of anilines is 1. The van der Waals surface area contributed by atoms with E-state index in [4.69, 9.17) is 0 Å². The minimum atomic E-state index is -0.127. The molecule has 0 saturated carbocycles. The number of aromatic amines is 1. The average Bonchev–Trinajstić information content (AvgIpc) is 2.65. The van der Waals surface area contributed by atoms with E-state index in [2.05, 4.69) is 38.1 Å². The van der Waals surface area contributed by atoms with Gasteiger partial charge in [0, 0.05) is 9.13 Å². The first-order valence-corrected chi connectivity index (χ1v) is 5.82. The van der Waals surface area contributed by atoms with Crippen LogP contribution in [0.1, 0.15) is 15.9 Å². The normalized spacial score (nSPS) is 10.1. The number of carbonyl (C=O) groups is 1. The van der Waals surface area contributed by atoms with Gasteiger partial charge in [-0.15, -0.1) is 0 Å². The quantitative estimate of drug-likeness (QED) is 0.833. The maximum Gasteiger partial charge on any atom is 0.257 e. The molecule has 0 bridgehead atoms. The maximum atomic E-state index is 11.9. The van der Waals surface area contributed by atoms with Crippen molar-refractivity contribution < 1.29 is 4.79 Å². The Labute approximate surface area is 107 Å². The highest BCUT2D eigenvalue weighted by Gasteiger charge is 2.11. The van der Waals surface area contributed by atoms with Crippen LogP contribution in [0.2, 0.25) is 0 Å². The van der Waals surface area contributed by atoms with E-state index < -0.39 is 0 Å². The molecule has 0 fully saturated rings. The van der Waals surface area contributed by atoms with Gasteiger partial charge in [0.05, 0.1) is 11.8 Å². The first kappa shape index (κ1) is 11.1. The molecule has 0 aliphatic heterocycles. The second-order valence-electron chi connectivity index (χ2n) is 3.36. The minimum Gasteiger partial charge on any atom is -0.307 e. The number of hydrogen-bond acceptors (Lipinski definition) is 2. The predicted molar refractivity (Wildman–Crippen MR) is 70.4 cm³/mol. The van der Waals surface area contributed by atoms with Gasteiger partial charge >= 0.3 is 0 Å². The van der Waals surface area contributed by atoms with Crippen LogP contribution in [0.4, 0.5) is 5.82 Å². The number of aromatic nitrogens is 2. The van der Waals surface area contributed by atoms with E-state index in [0.717, 1.165) is 9.13 Å². The van der Waals surface area contributed by atoms with E-state index in [-0.39, 0.29) is 5.91 Å². The minimum absolute atomic E-state index is 0.127. The number of nitrogens with zero attached hydrogens (tertiary/aromatic N) is 1. The monoisotopic (exact) mass is 327 g/mol. The van der Waals surface area contributed by atoms with Crippen LogP contribution in [0.25, 0.3) is 0 Å². The summed E-state index contributed by atoms with van der Waals surface area (Å²) in [6.07, 6.45) is 1.67. The van der Waals surface area contributed by atoms with Gasteiger partial charge in [-0.25, -0.2) is 0 Å². The smallest absolute Gasteiger partial charge is 0.257 e. The molecule has 0 saturated heterocycles. The summed E-state index contributed by atoms with van der Waals surface area (Å²) in [5, 5.41) is 9.38. The lowest BCUT2D eigenvalue weighted by molar-refractivity contribution is 0.102. The molecule has 2 N–H and O–H groups in total. The Bertz CT molecular complexity index is 521. The molecule has 4 nitrogen and oxygen atoms in total. The molecule has 5 heteroatoms. The molecule has 16 heavy (non-hydrogen) atoms. The molecular formula is C11H10IN3O. The third kappa shape index (κ3) is 2.24. The van der Waals surface area contributed by atoms with Crippen LogP contribution in [0.15, 0.2) is 30.5 Å². The van der Waals surface area contributed by atoms with Crippen molar-refractivity contribution in [2.75, 3.05) is 5.32 Å². The molecule has 0 spiro atoms. The van der Waals surface area contributed by atoms with Crippen LogP contribution in [-0.4, -0.2) is 16.1 Å². The van der Waals surface area contributed by atoms with E-state index in [9.17, 15) is 4.79 Å². The second kappa shape index (κ2) is 4.65. The van der Waals surface area contributed by atoms with Crippen molar-refractivity contribution in [2.45, 2.75) is 6.92 Å². The number of nitrogens with one attached hydrogen (secondary N) is 2. The van der Waals surface area contributed by atoms with Crippen LogP contribution in [0.3, 0.4) is 0 Å². The lowest BCUT2D eigenvalue weighted by atomic mass is 10.2. The summed E-state index contributed by atoms with van der Waals surface area (Å²) in [5.74, 6) is 0.516. The molecule has 0 atom stereocenters. The van der Waals surface area contributed by atoms with Crippen molar-refractivity contribution in [3.8, 4) is 0 Å².